The van der Waals surface area contributed by atoms with Gasteiger partial charge in [0.25, 0.3) is 20.2 Å². The summed E-state index contributed by atoms with van der Waals surface area (Å²) in [7, 11) is -9.33. The maximum Gasteiger partial charge on any atom is 0.335 e. The highest BCUT2D eigenvalue weighted by molar-refractivity contribution is 7.86. The monoisotopic (exact) mass is 696 g/mol. The Labute approximate surface area is 269 Å². The highest BCUT2D eigenvalue weighted by atomic mass is 32.2. The number of phenols is 1. The van der Waals surface area contributed by atoms with Gasteiger partial charge in [0.1, 0.15) is 5.69 Å². The molecule has 0 amide bonds. The Hall–Kier alpha value is -6.29. The smallest absolute Gasteiger partial charge is 0.335 e. The molecule has 0 saturated heterocycles. The first-order valence-corrected chi connectivity index (χ1v) is 15.8. The van der Waals surface area contributed by atoms with Gasteiger partial charge in [-0.15, -0.1) is 5.11 Å². The van der Waals surface area contributed by atoms with E-state index in [1.54, 1.807) is 0 Å². The Bertz CT molecular complexity index is 2370. The summed E-state index contributed by atoms with van der Waals surface area (Å²) in [4.78, 5) is 33.9. The van der Waals surface area contributed by atoms with Crippen molar-refractivity contribution in [2.75, 3.05) is 16.4 Å². The van der Waals surface area contributed by atoms with Crippen LogP contribution in [0.5, 0.6) is 5.75 Å². The number of azo groups is 1. The first kappa shape index (κ1) is 33.1. The first-order valence-electron chi connectivity index (χ1n) is 12.9. The number of carboxylic acids is 2. The van der Waals surface area contributed by atoms with Gasteiger partial charge < -0.3 is 31.7 Å². The number of carboxylic acid groups (broad SMARTS) is 2. The molecule has 1 heterocycles. The first-order chi connectivity index (χ1) is 22.5. The van der Waals surface area contributed by atoms with E-state index in [-0.39, 0.29) is 56.5 Å². The summed E-state index contributed by atoms with van der Waals surface area (Å²) >= 11 is 0. The number of nitrogens with one attached hydrogen (secondary N) is 2. The minimum atomic E-state index is -4.79. The van der Waals surface area contributed by atoms with Crippen molar-refractivity contribution in [3.05, 3.63) is 77.9 Å². The molecule has 21 heteroatoms. The normalized spacial score (nSPS) is 11.9. The quantitative estimate of drug-likeness (QED) is 0.0752. The number of anilines is 5. The molecule has 0 aliphatic rings. The number of rotatable bonds is 10. The van der Waals surface area contributed by atoms with Gasteiger partial charge in [0.15, 0.2) is 5.75 Å². The van der Waals surface area contributed by atoms with Crippen LogP contribution in [0, 0.1) is 0 Å². The molecule has 0 aliphatic heterocycles. The lowest BCUT2D eigenvalue weighted by molar-refractivity contribution is 0.0696. The van der Waals surface area contributed by atoms with Crippen molar-refractivity contribution in [2.45, 2.75) is 9.79 Å². The predicted molar refractivity (Wildman–Crippen MR) is 167 cm³/mol. The number of nitrogens with two attached hydrogens (primary N) is 1. The fraction of sp³-hybridized carbons (Fsp3) is 0. The molecular weight excluding hydrogens is 676 g/mol. The van der Waals surface area contributed by atoms with E-state index in [0.717, 1.165) is 42.5 Å². The Morgan fingerprint density at radius 1 is 0.729 bits per heavy atom. The van der Waals surface area contributed by atoms with E-state index >= 15 is 0 Å². The van der Waals surface area contributed by atoms with Crippen LogP contribution in [0.2, 0.25) is 0 Å². The number of aromatic nitrogens is 3. The Morgan fingerprint density at radius 3 is 1.96 bits per heavy atom. The third kappa shape index (κ3) is 7.39. The van der Waals surface area contributed by atoms with Crippen LogP contribution in [0.1, 0.15) is 20.7 Å². The fourth-order valence-electron chi connectivity index (χ4n) is 4.25. The van der Waals surface area contributed by atoms with Gasteiger partial charge in [-0.3, -0.25) is 9.11 Å². The topological polar surface area (TPSA) is 317 Å². The van der Waals surface area contributed by atoms with E-state index < -0.39 is 53.7 Å². The van der Waals surface area contributed by atoms with Gasteiger partial charge in [0, 0.05) is 11.1 Å². The highest BCUT2D eigenvalue weighted by Crippen LogP contribution is 2.42. The second-order valence-electron chi connectivity index (χ2n) is 9.65. The van der Waals surface area contributed by atoms with Crippen LogP contribution in [0.3, 0.4) is 0 Å². The Morgan fingerprint density at radius 2 is 1.35 bits per heavy atom. The van der Waals surface area contributed by atoms with Gasteiger partial charge in [0.2, 0.25) is 17.8 Å². The number of nitrogen functional groups attached to an aromatic ring is 1. The van der Waals surface area contributed by atoms with Gasteiger partial charge in [-0.1, -0.05) is 12.1 Å². The second-order valence-corrected chi connectivity index (χ2v) is 12.5. The SMILES string of the molecule is Nc1nc(Nc2cc(C(=O)O)cc(C(=O)O)c2)nc(Nc2cc(S(=O)(=O)O)cc3ccc(/N=N/c4cccc(S(=O)(=O)O)c4)c(O)c23)n1. The minimum absolute atomic E-state index is 0.00486. The third-order valence-electron chi connectivity index (χ3n) is 6.31. The lowest BCUT2D eigenvalue weighted by Crippen LogP contribution is -2.09. The van der Waals surface area contributed by atoms with E-state index in [0.29, 0.717) is 0 Å². The summed E-state index contributed by atoms with van der Waals surface area (Å²) < 4.78 is 66.1. The molecule has 48 heavy (non-hydrogen) atoms. The number of hydrogen-bond acceptors (Lipinski definition) is 15. The summed E-state index contributed by atoms with van der Waals surface area (Å²) in [5, 5.41) is 43.0. The zero-order chi connectivity index (χ0) is 35.0. The van der Waals surface area contributed by atoms with Crippen molar-refractivity contribution >= 4 is 83.5 Å². The molecule has 0 radical (unpaired) electrons. The van der Waals surface area contributed by atoms with Crippen LogP contribution in [0.4, 0.5) is 40.6 Å². The molecule has 0 fully saturated rings. The van der Waals surface area contributed by atoms with Crippen molar-refractivity contribution < 1.29 is 50.8 Å². The maximum atomic E-state index is 12.1. The van der Waals surface area contributed by atoms with E-state index in [2.05, 4.69) is 35.8 Å². The van der Waals surface area contributed by atoms with Crippen LogP contribution in [0.15, 0.2) is 86.7 Å². The molecule has 0 atom stereocenters. The largest absolute Gasteiger partial charge is 0.505 e. The number of hydrogen-bond donors (Lipinski definition) is 8. The molecule has 9 N–H and O–H groups in total. The average molecular weight is 697 g/mol. The molecule has 5 rings (SSSR count). The van der Waals surface area contributed by atoms with Gasteiger partial charge in [-0.05, 0) is 60.0 Å². The number of aromatic carboxylic acids is 2. The van der Waals surface area contributed by atoms with Crippen molar-refractivity contribution in [3.8, 4) is 5.75 Å². The molecule has 19 nitrogen and oxygen atoms in total. The number of carbonyl (C=O) groups is 2. The van der Waals surface area contributed by atoms with Crippen LogP contribution < -0.4 is 16.4 Å². The number of fused-ring (bicyclic) bond motifs is 1. The molecule has 0 bridgehead atoms. The van der Waals surface area contributed by atoms with Crippen molar-refractivity contribution in [3.63, 3.8) is 0 Å². The standard InChI is InChI=1S/C27H20N8O11S2/c28-25-31-26(29-16-7-13(23(37)38)6-14(8-16)24(39)40)33-27(32-25)30-20-11-18(48(44,45)46)9-12-4-5-19(22(36)21(12)20)35-34-15-2-1-3-17(10-15)47(41,42)43/h1-11,36H,(H,37,38)(H,39,40)(H,41,42,43)(H,44,45,46)(H4,28,29,30,31,32,33)/b35-34+. The Kier molecular flexibility index (Phi) is 8.60. The van der Waals surface area contributed by atoms with E-state index in [9.17, 15) is 50.8 Å². The number of aromatic hydroxyl groups is 1. The number of benzene rings is 4. The summed E-state index contributed by atoms with van der Waals surface area (Å²) in [6, 6.07) is 12.6. The fourth-order valence-corrected chi connectivity index (χ4v) is 5.32. The van der Waals surface area contributed by atoms with Gasteiger partial charge in [0.05, 0.1) is 32.3 Å². The zero-order valence-corrected chi connectivity index (χ0v) is 25.3. The van der Waals surface area contributed by atoms with E-state index in [1.807, 2.05) is 0 Å². The summed E-state index contributed by atoms with van der Waals surface area (Å²) in [6.07, 6.45) is 0. The molecule has 1 aromatic heterocycles. The van der Waals surface area contributed by atoms with Crippen molar-refractivity contribution in [2.24, 2.45) is 10.2 Å². The molecule has 0 saturated carbocycles. The molecule has 4 aromatic carbocycles. The minimum Gasteiger partial charge on any atom is -0.505 e. The number of phenolic OH excluding ortho intramolecular Hbond substituents is 1. The van der Waals surface area contributed by atoms with Gasteiger partial charge >= 0.3 is 11.9 Å². The van der Waals surface area contributed by atoms with Crippen molar-refractivity contribution in [1.29, 1.82) is 0 Å². The second kappa shape index (κ2) is 12.5. The van der Waals surface area contributed by atoms with Crippen LogP contribution >= 0.6 is 0 Å². The molecule has 0 unspecified atom stereocenters. The molecule has 246 valence electrons. The Balaban J connectivity index is 1.57. The van der Waals surface area contributed by atoms with Crippen LogP contribution in [-0.2, 0) is 20.2 Å². The van der Waals surface area contributed by atoms with E-state index in [1.165, 1.54) is 24.3 Å². The van der Waals surface area contributed by atoms with Crippen molar-refractivity contribution in [1.82, 2.24) is 15.0 Å². The predicted octanol–water partition coefficient (Wildman–Crippen LogP) is 4.11. The van der Waals surface area contributed by atoms with Crippen LogP contribution in [0.25, 0.3) is 10.8 Å². The van der Waals surface area contributed by atoms with Gasteiger partial charge in [-0.25, -0.2) is 9.59 Å². The van der Waals surface area contributed by atoms with E-state index in [4.69, 9.17) is 5.73 Å². The summed E-state index contributed by atoms with van der Waals surface area (Å²) in [5.41, 5.74) is 4.69. The highest BCUT2D eigenvalue weighted by Gasteiger charge is 2.20. The molecule has 0 spiro atoms. The summed E-state index contributed by atoms with van der Waals surface area (Å²) in [6.45, 7) is 0. The summed E-state index contributed by atoms with van der Waals surface area (Å²) in [5.74, 6) is -4.42. The third-order valence-corrected chi connectivity index (χ3v) is 7.99. The number of nitrogens with zero attached hydrogens (tertiary/aromatic N) is 5. The molecule has 0 aliphatic carbocycles. The van der Waals surface area contributed by atoms with Gasteiger partial charge in [-0.2, -0.15) is 36.9 Å². The maximum absolute atomic E-state index is 12.1. The lowest BCUT2D eigenvalue weighted by atomic mass is 10.1. The lowest BCUT2D eigenvalue weighted by Gasteiger charge is -2.14. The zero-order valence-electron chi connectivity index (χ0n) is 23.7. The molecular formula is C27H20N8O11S2. The van der Waals surface area contributed by atoms with Crippen LogP contribution in [-0.4, -0.2) is 68.2 Å². The average Bonchev–Trinajstić information content (AvgIpc) is 2.99. The molecule has 5 aromatic rings.